The van der Waals surface area contributed by atoms with Crippen LogP contribution in [0.5, 0.6) is 0 Å². The largest absolute Gasteiger partial charge is 0.456 e. The Labute approximate surface area is 406 Å². The van der Waals surface area contributed by atoms with E-state index in [2.05, 4.69) is 272 Å². The highest BCUT2D eigenvalue weighted by Crippen LogP contribution is 2.81. The summed E-state index contributed by atoms with van der Waals surface area (Å²) in [4.78, 5) is 5.01. The average molecular weight is 905 g/mol. The zero-order valence-corrected chi connectivity index (χ0v) is 40.0. The summed E-state index contributed by atoms with van der Waals surface area (Å²) >= 11 is 0. The minimum Gasteiger partial charge on any atom is -0.456 e. The molecule has 0 amide bonds. The van der Waals surface area contributed by atoms with Crippen LogP contribution in [0.15, 0.2) is 259 Å². The zero-order valence-electron chi connectivity index (χ0n) is 39.0. The van der Waals surface area contributed by atoms with Gasteiger partial charge in [0.05, 0.1) is 0 Å². The van der Waals surface area contributed by atoms with Crippen molar-refractivity contribution in [3.05, 3.63) is 277 Å². The molecule has 0 radical (unpaired) electrons. The van der Waals surface area contributed by atoms with Crippen molar-refractivity contribution in [3.8, 4) is 0 Å². The summed E-state index contributed by atoms with van der Waals surface area (Å²) in [6, 6.07) is 80.8. The molecule has 4 aliphatic carbocycles. The Kier molecular flexibility index (Phi) is 9.47. The summed E-state index contributed by atoms with van der Waals surface area (Å²) in [5.74, 6) is 0.875. The summed E-state index contributed by atoms with van der Waals surface area (Å²) in [6.45, 7) is 4.91. The Balaban J connectivity index is 1.05. The van der Waals surface area contributed by atoms with Gasteiger partial charge >= 0.3 is 0 Å². The fourth-order valence-corrected chi connectivity index (χ4v) is 17.8. The van der Waals surface area contributed by atoms with Crippen LogP contribution in [0.1, 0.15) is 49.1 Å². The van der Waals surface area contributed by atoms with Crippen LogP contribution in [-0.2, 0) is 10.8 Å². The lowest BCUT2D eigenvalue weighted by atomic mass is 9.72. The van der Waals surface area contributed by atoms with E-state index in [0.717, 1.165) is 63.6 Å². The van der Waals surface area contributed by atoms with Crippen LogP contribution in [0.3, 0.4) is 0 Å². The van der Waals surface area contributed by atoms with E-state index < -0.39 is 8.07 Å². The molecule has 4 heteroatoms. The van der Waals surface area contributed by atoms with Gasteiger partial charge in [0.25, 0.3) is 0 Å². The van der Waals surface area contributed by atoms with Gasteiger partial charge in [-0.1, -0.05) is 202 Å². The van der Waals surface area contributed by atoms with Crippen molar-refractivity contribution in [2.45, 2.75) is 37.5 Å². The monoisotopic (exact) mass is 904 g/mol. The van der Waals surface area contributed by atoms with E-state index in [9.17, 15) is 0 Å². The number of fused-ring (bicyclic) bond motifs is 4. The number of allylic oxidation sites excluding steroid dienone is 4. The molecule has 1 saturated carbocycles. The lowest BCUT2D eigenvalue weighted by Crippen LogP contribution is -2.75. The maximum atomic E-state index is 6.65. The molecule has 0 saturated heterocycles. The first-order valence-corrected chi connectivity index (χ1v) is 26.4. The summed E-state index contributed by atoms with van der Waals surface area (Å²) < 4.78 is 6.65. The number of benzene rings is 8. The Morgan fingerprint density at radius 3 is 1.83 bits per heavy atom. The number of nitrogens with zero attached hydrogens (tertiary/aromatic N) is 2. The minimum atomic E-state index is -3.21. The average Bonchev–Trinajstić information content (AvgIpc) is 4.02. The highest BCUT2D eigenvalue weighted by Gasteiger charge is 2.77. The van der Waals surface area contributed by atoms with Crippen molar-refractivity contribution >= 4 is 74.7 Å². The molecule has 9 aromatic rings. The van der Waals surface area contributed by atoms with E-state index in [1.54, 1.807) is 0 Å². The number of anilines is 4. The van der Waals surface area contributed by atoms with Crippen molar-refractivity contribution in [2.24, 2.45) is 5.41 Å². The van der Waals surface area contributed by atoms with Gasteiger partial charge in [-0.15, -0.1) is 0 Å². The number of furan rings is 1. The molecule has 2 unspecified atom stereocenters. The third kappa shape index (κ3) is 6.11. The van der Waals surface area contributed by atoms with Gasteiger partial charge in [0, 0.05) is 73.8 Å². The van der Waals surface area contributed by atoms with Gasteiger partial charge < -0.3 is 14.2 Å². The highest BCUT2D eigenvalue weighted by molar-refractivity contribution is 7.20. The molecule has 8 aromatic carbocycles. The maximum absolute atomic E-state index is 6.65. The Bertz CT molecular complexity index is 3510. The van der Waals surface area contributed by atoms with Gasteiger partial charge in [-0.25, -0.2) is 0 Å². The molecule has 3 nitrogen and oxygen atoms in total. The molecule has 2 atom stereocenters. The predicted octanol–water partition coefficient (Wildman–Crippen LogP) is 13.6. The van der Waals surface area contributed by atoms with E-state index in [4.69, 9.17) is 4.42 Å². The fraction of sp³-hybridized carbons (Fsp3) is 0.108. The Morgan fingerprint density at radius 2 is 1.10 bits per heavy atom. The van der Waals surface area contributed by atoms with Crippen molar-refractivity contribution in [3.63, 3.8) is 0 Å². The molecule has 0 aliphatic heterocycles. The first kappa shape index (κ1) is 41.3. The zero-order chi connectivity index (χ0) is 46.2. The molecule has 0 bridgehead atoms. The number of hydrogen-bond donors (Lipinski definition) is 0. The second kappa shape index (κ2) is 15.8. The van der Waals surface area contributed by atoms with Crippen LogP contribution in [0.4, 0.5) is 22.7 Å². The van der Waals surface area contributed by atoms with Crippen LogP contribution in [-0.4, -0.2) is 8.07 Å². The van der Waals surface area contributed by atoms with Gasteiger partial charge in [0.2, 0.25) is 0 Å². The van der Waals surface area contributed by atoms with Gasteiger partial charge in [-0.05, 0) is 99.0 Å². The Hall–Kier alpha value is -7.92. The molecule has 1 aromatic heterocycles. The van der Waals surface area contributed by atoms with E-state index >= 15 is 0 Å². The summed E-state index contributed by atoms with van der Waals surface area (Å²) in [6.07, 6.45) is 16.3. The first-order valence-electron chi connectivity index (χ1n) is 24.4. The van der Waals surface area contributed by atoms with E-state index in [0.29, 0.717) is 0 Å². The second-order valence-electron chi connectivity index (χ2n) is 19.7. The SMILES string of the molecule is CC1(C)c2ccccc2C23C=C(N(c4ccccc4)c4cccc([Si](c5ccccc5)(c5ccccc5)c5ccccc5N(C5=Cc6oc7ccccc7c6C=CC5)c5ccccc5)c4)C=CC12C3. The second-order valence-corrected chi connectivity index (χ2v) is 23.5. The van der Waals surface area contributed by atoms with E-state index in [1.165, 1.54) is 37.6 Å². The fourth-order valence-electron chi connectivity index (χ4n) is 12.8. The number of rotatable bonds is 10. The van der Waals surface area contributed by atoms with Crippen LogP contribution in [0, 0.1) is 5.41 Å². The molecule has 13 rings (SSSR count). The van der Waals surface area contributed by atoms with Crippen molar-refractivity contribution in [2.75, 3.05) is 9.80 Å². The summed E-state index contributed by atoms with van der Waals surface area (Å²) in [5.41, 5.74) is 11.9. The molecular formula is C65H52N2OSi. The van der Waals surface area contributed by atoms with Crippen LogP contribution >= 0.6 is 0 Å². The first-order chi connectivity index (χ1) is 33.9. The van der Waals surface area contributed by atoms with Crippen molar-refractivity contribution in [1.29, 1.82) is 0 Å². The third-order valence-corrected chi connectivity index (χ3v) is 20.8. The Morgan fingerprint density at radius 1 is 0.522 bits per heavy atom. The molecule has 0 spiro atoms. The van der Waals surface area contributed by atoms with Gasteiger partial charge in [-0.3, -0.25) is 0 Å². The van der Waals surface area contributed by atoms with Crippen LogP contribution in [0.2, 0.25) is 0 Å². The highest BCUT2D eigenvalue weighted by atomic mass is 28.3. The molecule has 1 fully saturated rings. The minimum absolute atomic E-state index is 0.0364. The van der Waals surface area contributed by atoms with Gasteiger partial charge in [0.1, 0.15) is 11.3 Å². The molecule has 69 heavy (non-hydrogen) atoms. The van der Waals surface area contributed by atoms with Gasteiger partial charge in [0.15, 0.2) is 8.07 Å². The summed E-state index contributed by atoms with van der Waals surface area (Å²) in [5, 5.41) is 6.37. The van der Waals surface area contributed by atoms with Crippen molar-refractivity contribution < 1.29 is 4.42 Å². The lowest BCUT2D eigenvalue weighted by Gasteiger charge is -2.39. The van der Waals surface area contributed by atoms with Gasteiger partial charge in [-0.2, -0.15) is 0 Å². The molecule has 0 N–H and O–H groups in total. The molecule has 4 aliphatic rings. The lowest BCUT2D eigenvalue weighted by molar-refractivity contribution is 0.359. The quantitative estimate of drug-likeness (QED) is 0.101. The van der Waals surface area contributed by atoms with Crippen LogP contribution < -0.4 is 30.5 Å². The van der Waals surface area contributed by atoms with Crippen LogP contribution in [0.25, 0.3) is 23.1 Å². The smallest absolute Gasteiger partial charge is 0.181 e. The maximum Gasteiger partial charge on any atom is 0.181 e. The predicted molar refractivity (Wildman–Crippen MR) is 290 cm³/mol. The number of hydrogen-bond acceptors (Lipinski definition) is 3. The van der Waals surface area contributed by atoms with E-state index in [-0.39, 0.29) is 16.2 Å². The van der Waals surface area contributed by atoms with E-state index in [1.807, 2.05) is 6.07 Å². The molecule has 332 valence electrons. The normalized spacial score (nSPS) is 19.3. The summed E-state index contributed by atoms with van der Waals surface area (Å²) in [7, 11) is -3.21. The standard InChI is InChI=1S/C65H52N2OSi/c1-63(2)57-36-16-17-37-58(57)64-45-51(41-42-65(63,64)46-64)66(47-23-7-3-8-24-47)49-27-21-33-54(43-49)69(52-29-11-5-12-30-52,53-31-13-6-14-32-53)62-40-20-18-38-59(62)67(48-25-9-4-10-26-48)50-28-22-35-56-55-34-15-19-39-60(55)68-61(56)44-50/h3-27,29-45H,28,46H2,1-2H3. The van der Waals surface area contributed by atoms with Crippen molar-refractivity contribution in [1.82, 2.24) is 0 Å². The third-order valence-electron chi connectivity index (χ3n) is 16.0. The molecular weight excluding hydrogens is 853 g/mol. The topological polar surface area (TPSA) is 19.6 Å². The number of para-hydroxylation sites is 4. The molecule has 1 heterocycles.